The van der Waals surface area contributed by atoms with E-state index in [1.807, 2.05) is 0 Å². The van der Waals surface area contributed by atoms with Crippen LogP contribution in [-0.2, 0) is 14.3 Å². The van der Waals surface area contributed by atoms with Crippen molar-refractivity contribution in [1.29, 1.82) is 0 Å². The lowest BCUT2D eigenvalue weighted by molar-refractivity contribution is -0.219. The fourth-order valence-corrected chi connectivity index (χ4v) is 4.08. The van der Waals surface area contributed by atoms with Gasteiger partial charge in [0, 0.05) is 44.2 Å². The van der Waals surface area contributed by atoms with Crippen molar-refractivity contribution >= 4 is 27.9 Å². The summed E-state index contributed by atoms with van der Waals surface area (Å²) in [7, 11) is 0. The van der Waals surface area contributed by atoms with Crippen molar-refractivity contribution in [3.8, 4) is 0 Å². The van der Waals surface area contributed by atoms with E-state index in [-0.39, 0.29) is 44.6 Å². The van der Waals surface area contributed by atoms with Gasteiger partial charge in [-0.15, -0.1) is 0 Å². The average Bonchev–Trinajstić information content (AvgIpc) is 2.65. The van der Waals surface area contributed by atoms with Gasteiger partial charge in [0.05, 0.1) is 6.61 Å². The maximum absolute atomic E-state index is 14.0. The molecule has 2 saturated heterocycles. The van der Waals surface area contributed by atoms with E-state index < -0.39 is 35.4 Å². The van der Waals surface area contributed by atoms with Gasteiger partial charge in [0.2, 0.25) is 0 Å². The Bertz CT molecular complexity index is 818. The van der Waals surface area contributed by atoms with Crippen molar-refractivity contribution in [2.75, 3.05) is 26.2 Å². The summed E-state index contributed by atoms with van der Waals surface area (Å²) in [6.07, 6.45) is -3.88. The molecule has 31 heavy (non-hydrogen) atoms. The molecule has 2 aliphatic rings. The lowest BCUT2D eigenvalue weighted by Crippen LogP contribution is -2.63. The maximum Gasteiger partial charge on any atom is 0.413 e. The second-order valence-electron chi connectivity index (χ2n) is 8.67. The van der Waals surface area contributed by atoms with Gasteiger partial charge in [-0.05, 0) is 42.8 Å². The standard InChI is InChI=1S/C20H25BrF3N3O4/c1-18(2,3)31-17(29)26-8-6-19(7-9-26)16(28)27(10-11-30-19)15(20(22,23)24)13-4-5-14(21)25-12-13/h4-5,12,15H,6-11H2,1-3H3. The molecule has 172 valence electrons. The van der Waals surface area contributed by atoms with Gasteiger partial charge in [0.15, 0.2) is 6.04 Å². The normalized spacial score (nSPS) is 20.7. The van der Waals surface area contributed by atoms with Crippen LogP contribution in [0.3, 0.4) is 0 Å². The minimum absolute atomic E-state index is 0.0191. The number of carbonyl (C=O) groups excluding carboxylic acids is 2. The van der Waals surface area contributed by atoms with E-state index in [1.54, 1.807) is 20.8 Å². The molecule has 1 atom stereocenters. The number of piperidine rings is 1. The van der Waals surface area contributed by atoms with E-state index in [0.717, 1.165) is 11.1 Å². The van der Waals surface area contributed by atoms with Crippen molar-refractivity contribution in [3.63, 3.8) is 0 Å². The highest BCUT2D eigenvalue weighted by molar-refractivity contribution is 9.10. The average molecular weight is 508 g/mol. The highest BCUT2D eigenvalue weighted by atomic mass is 79.9. The molecule has 3 heterocycles. The Morgan fingerprint density at radius 1 is 1.23 bits per heavy atom. The number of halogens is 4. The summed E-state index contributed by atoms with van der Waals surface area (Å²) < 4.78 is 53.5. The van der Waals surface area contributed by atoms with E-state index in [9.17, 15) is 22.8 Å². The smallest absolute Gasteiger partial charge is 0.413 e. The summed E-state index contributed by atoms with van der Waals surface area (Å²) in [6.45, 7) is 5.35. The molecule has 2 amide bonds. The molecule has 1 spiro atoms. The van der Waals surface area contributed by atoms with Crippen LogP contribution in [-0.4, -0.2) is 70.4 Å². The van der Waals surface area contributed by atoms with E-state index in [2.05, 4.69) is 20.9 Å². The summed E-state index contributed by atoms with van der Waals surface area (Å²) in [5, 5.41) is 0. The highest BCUT2D eigenvalue weighted by Gasteiger charge is 2.55. The first kappa shape index (κ1) is 23.8. The molecule has 1 unspecified atom stereocenters. The Kier molecular flexibility index (Phi) is 6.57. The fourth-order valence-electron chi connectivity index (χ4n) is 3.84. The van der Waals surface area contributed by atoms with E-state index in [4.69, 9.17) is 9.47 Å². The highest BCUT2D eigenvalue weighted by Crippen LogP contribution is 2.42. The monoisotopic (exact) mass is 507 g/mol. The summed E-state index contributed by atoms with van der Waals surface area (Å²) in [5.41, 5.74) is -2.17. The minimum Gasteiger partial charge on any atom is -0.444 e. The molecule has 0 saturated carbocycles. The summed E-state index contributed by atoms with van der Waals surface area (Å²) >= 11 is 3.11. The lowest BCUT2D eigenvalue weighted by Gasteiger charge is -2.48. The molecule has 11 heteroatoms. The van der Waals surface area contributed by atoms with Crippen LogP contribution in [0.5, 0.6) is 0 Å². The number of hydrogen-bond donors (Lipinski definition) is 0. The molecule has 0 aliphatic carbocycles. The fraction of sp³-hybridized carbons (Fsp3) is 0.650. The number of amides is 2. The molecule has 2 fully saturated rings. The third kappa shape index (κ3) is 5.31. The van der Waals surface area contributed by atoms with Crippen LogP contribution in [0, 0.1) is 0 Å². The molecule has 0 aromatic carbocycles. The third-order valence-electron chi connectivity index (χ3n) is 5.27. The zero-order valence-electron chi connectivity index (χ0n) is 17.5. The van der Waals surface area contributed by atoms with Crippen LogP contribution >= 0.6 is 15.9 Å². The molecule has 0 bridgehead atoms. The topological polar surface area (TPSA) is 72.0 Å². The Morgan fingerprint density at radius 3 is 2.39 bits per heavy atom. The van der Waals surface area contributed by atoms with Crippen LogP contribution in [0.25, 0.3) is 0 Å². The largest absolute Gasteiger partial charge is 0.444 e. The Morgan fingerprint density at radius 2 is 1.87 bits per heavy atom. The SMILES string of the molecule is CC(C)(C)OC(=O)N1CCC2(CC1)OCCN(C(c1ccc(Br)nc1)C(F)(F)F)C2=O. The number of carbonyl (C=O) groups is 2. The van der Waals surface area contributed by atoms with Crippen LogP contribution in [0.2, 0.25) is 0 Å². The molecule has 1 aromatic rings. The Labute approximate surface area is 187 Å². The van der Waals surface area contributed by atoms with Gasteiger partial charge in [-0.1, -0.05) is 6.07 Å². The van der Waals surface area contributed by atoms with Gasteiger partial charge < -0.3 is 19.3 Å². The van der Waals surface area contributed by atoms with E-state index in [1.165, 1.54) is 17.0 Å². The minimum atomic E-state index is -4.68. The molecule has 2 aliphatic heterocycles. The number of pyridine rings is 1. The van der Waals surface area contributed by atoms with Crippen LogP contribution in [0.4, 0.5) is 18.0 Å². The zero-order valence-corrected chi connectivity index (χ0v) is 19.1. The number of ether oxygens (including phenoxy) is 2. The zero-order chi connectivity index (χ0) is 23.0. The van der Waals surface area contributed by atoms with Crippen molar-refractivity contribution in [3.05, 3.63) is 28.5 Å². The van der Waals surface area contributed by atoms with Crippen LogP contribution in [0.1, 0.15) is 45.2 Å². The third-order valence-corrected chi connectivity index (χ3v) is 5.74. The van der Waals surface area contributed by atoms with Crippen molar-refractivity contribution in [1.82, 2.24) is 14.8 Å². The number of morpholine rings is 1. The first-order chi connectivity index (χ1) is 14.3. The lowest BCUT2D eigenvalue weighted by atomic mass is 9.87. The molecular formula is C20H25BrF3N3O4. The number of rotatable bonds is 2. The molecule has 7 nitrogen and oxygen atoms in total. The number of likely N-dealkylation sites (tertiary alicyclic amines) is 1. The first-order valence-electron chi connectivity index (χ1n) is 9.93. The Balaban J connectivity index is 1.79. The van der Waals surface area contributed by atoms with E-state index >= 15 is 0 Å². The van der Waals surface area contributed by atoms with Crippen molar-refractivity contribution < 1.29 is 32.2 Å². The summed E-state index contributed by atoms with van der Waals surface area (Å²) in [6, 6.07) is 0.592. The van der Waals surface area contributed by atoms with E-state index in [0.29, 0.717) is 4.60 Å². The van der Waals surface area contributed by atoms with Gasteiger partial charge in [-0.2, -0.15) is 13.2 Å². The summed E-state index contributed by atoms with van der Waals surface area (Å²) in [4.78, 5) is 31.7. The maximum atomic E-state index is 14.0. The first-order valence-corrected chi connectivity index (χ1v) is 10.7. The molecule has 3 rings (SSSR count). The van der Waals surface area contributed by atoms with Gasteiger partial charge in [0.1, 0.15) is 15.8 Å². The molecule has 0 radical (unpaired) electrons. The summed E-state index contributed by atoms with van der Waals surface area (Å²) in [5.74, 6) is -0.715. The van der Waals surface area contributed by atoms with Gasteiger partial charge in [-0.25, -0.2) is 9.78 Å². The molecule has 0 N–H and O–H groups in total. The predicted octanol–water partition coefficient (Wildman–Crippen LogP) is 4.08. The number of alkyl halides is 3. The van der Waals surface area contributed by atoms with Crippen LogP contribution in [0.15, 0.2) is 22.9 Å². The van der Waals surface area contributed by atoms with Gasteiger partial charge in [-0.3, -0.25) is 4.79 Å². The molecular weight excluding hydrogens is 483 g/mol. The number of hydrogen-bond acceptors (Lipinski definition) is 5. The number of nitrogens with zero attached hydrogens (tertiary/aromatic N) is 3. The molecule has 1 aromatic heterocycles. The number of aromatic nitrogens is 1. The predicted molar refractivity (Wildman–Crippen MR) is 108 cm³/mol. The quantitative estimate of drug-likeness (QED) is 0.564. The van der Waals surface area contributed by atoms with Gasteiger partial charge in [0.25, 0.3) is 5.91 Å². The van der Waals surface area contributed by atoms with Crippen molar-refractivity contribution in [2.24, 2.45) is 0 Å². The Hall–Kier alpha value is -1.88. The second-order valence-corrected chi connectivity index (χ2v) is 9.48. The second kappa shape index (κ2) is 8.57. The van der Waals surface area contributed by atoms with Crippen LogP contribution < -0.4 is 0 Å². The van der Waals surface area contributed by atoms with Gasteiger partial charge >= 0.3 is 12.3 Å². The van der Waals surface area contributed by atoms with Crippen molar-refractivity contribution in [2.45, 2.75) is 57.0 Å².